The van der Waals surface area contributed by atoms with Crippen molar-refractivity contribution in [2.45, 2.75) is 38.9 Å². The molecule has 20 heavy (non-hydrogen) atoms. The summed E-state index contributed by atoms with van der Waals surface area (Å²) in [4.78, 5) is 0. The van der Waals surface area contributed by atoms with Crippen LogP contribution in [0.1, 0.15) is 27.7 Å². The Balaban J connectivity index is 2.40. The smallest absolute Gasteiger partial charge is 0.399 e. The molecule has 4 nitrogen and oxygen atoms in total. The molecule has 2 rings (SSSR count). The van der Waals surface area contributed by atoms with E-state index in [2.05, 4.69) is 0 Å². The van der Waals surface area contributed by atoms with Crippen LogP contribution >= 0.6 is 7.14 Å². The third-order valence-electron chi connectivity index (χ3n) is 4.16. The summed E-state index contributed by atoms with van der Waals surface area (Å²) in [5, 5.41) is 0.685. The van der Waals surface area contributed by atoms with E-state index in [0.717, 1.165) is 5.46 Å². The van der Waals surface area contributed by atoms with E-state index in [-0.39, 0.29) is 11.2 Å². The molecule has 110 valence electrons. The Morgan fingerprint density at radius 3 is 2.05 bits per heavy atom. The lowest BCUT2D eigenvalue weighted by Gasteiger charge is -2.32. The lowest BCUT2D eigenvalue weighted by atomic mass is 9.79. The summed E-state index contributed by atoms with van der Waals surface area (Å²) in [6, 6.07) is 5.49. The standard InChI is InChI=1S/C14H23BNO3P/c1-13(2)14(3,4)19-15(18-13)10-7-8-11(16)12(9-10)20(5,6)17/h7-9H,16H2,1-6H3. The molecule has 0 unspecified atom stereocenters. The van der Waals surface area contributed by atoms with Crippen LogP contribution in [0.15, 0.2) is 18.2 Å². The summed E-state index contributed by atoms with van der Waals surface area (Å²) in [5.41, 5.74) is 6.56. The van der Waals surface area contributed by atoms with Gasteiger partial charge in [0, 0.05) is 11.0 Å². The Morgan fingerprint density at radius 2 is 1.60 bits per heavy atom. The fourth-order valence-corrected chi connectivity index (χ4v) is 3.31. The van der Waals surface area contributed by atoms with Crippen LogP contribution in [0.3, 0.4) is 0 Å². The van der Waals surface area contributed by atoms with Gasteiger partial charge in [-0.15, -0.1) is 0 Å². The first-order chi connectivity index (χ1) is 8.94. The fraction of sp³-hybridized carbons (Fsp3) is 0.571. The van der Waals surface area contributed by atoms with Crippen LogP contribution in [-0.4, -0.2) is 31.7 Å². The number of benzene rings is 1. The molecule has 0 aromatic heterocycles. The summed E-state index contributed by atoms with van der Waals surface area (Å²) in [6.07, 6.45) is 0. The van der Waals surface area contributed by atoms with Crippen LogP contribution in [0.2, 0.25) is 0 Å². The number of hydrogen-bond donors (Lipinski definition) is 1. The molecule has 1 fully saturated rings. The molecular weight excluding hydrogens is 272 g/mol. The first kappa shape index (κ1) is 15.6. The molecular formula is C14H23BNO3P. The SMILES string of the molecule is CC1(C)OB(c2ccc(N)c(P(C)(C)=O)c2)OC1(C)C. The first-order valence-electron chi connectivity index (χ1n) is 6.75. The normalized spacial score (nSPS) is 21.2. The lowest BCUT2D eigenvalue weighted by Crippen LogP contribution is -2.41. The zero-order valence-electron chi connectivity index (χ0n) is 13.1. The first-order valence-corrected chi connectivity index (χ1v) is 9.35. The average molecular weight is 295 g/mol. The topological polar surface area (TPSA) is 61.5 Å². The maximum atomic E-state index is 12.3. The highest BCUT2D eigenvalue weighted by molar-refractivity contribution is 7.70. The van der Waals surface area contributed by atoms with E-state index < -0.39 is 14.3 Å². The summed E-state index contributed by atoms with van der Waals surface area (Å²) >= 11 is 0. The predicted molar refractivity (Wildman–Crippen MR) is 85.7 cm³/mol. The Morgan fingerprint density at radius 1 is 1.10 bits per heavy atom. The highest BCUT2D eigenvalue weighted by Crippen LogP contribution is 2.38. The molecule has 1 heterocycles. The maximum absolute atomic E-state index is 12.3. The van der Waals surface area contributed by atoms with Gasteiger partial charge >= 0.3 is 7.12 Å². The Hall–Kier alpha value is -0.765. The van der Waals surface area contributed by atoms with Crippen LogP contribution in [-0.2, 0) is 13.9 Å². The van der Waals surface area contributed by atoms with Crippen molar-refractivity contribution in [1.29, 1.82) is 0 Å². The number of nitrogen functional groups attached to an aromatic ring is 1. The van der Waals surface area contributed by atoms with Crippen molar-refractivity contribution in [3.05, 3.63) is 18.2 Å². The maximum Gasteiger partial charge on any atom is 0.494 e. The van der Waals surface area contributed by atoms with E-state index in [1.54, 1.807) is 19.4 Å². The van der Waals surface area contributed by atoms with Crippen LogP contribution in [0.4, 0.5) is 5.69 Å². The van der Waals surface area contributed by atoms with E-state index in [0.29, 0.717) is 11.0 Å². The highest BCUT2D eigenvalue weighted by Gasteiger charge is 2.51. The van der Waals surface area contributed by atoms with Gasteiger partial charge in [-0.25, -0.2) is 0 Å². The largest absolute Gasteiger partial charge is 0.494 e. The van der Waals surface area contributed by atoms with Crippen molar-refractivity contribution in [3.63, 3.8) is 0 Å². The van der Waals surface area contributed by atoms with Gasteiger partial charge in [0.2, 0.25) is 0 Å². The second kappa shape index (κ2) is 4.62. The average Bonchev–Trinajstić information content (AvgIpc) is 2.47. The van der Waals surface area contributed by atoms with Crippen molar-refractivity contribution in [2.75, 3.05) is 19.1 Å². The second-order valence-electron chi connectivity index (χ2n) is 6.76. The van der Waals surface area contributed by atoms with Gasteiger partial charge in [-0.3, -0.25) is 0 Å². The number of rotatable bonds is 2. The predicted octanol–water partition coefficient (Wildman–Crippen LogP) is 1.82. The molecule has 0 saturated carbocycles. The van der Waals surface area contributed by atoms with Gasteiger partial charge in [0.05, 0.1) is 11.2 Å². The fourth-order valence-electron chi connectivity index (χ4n) is 2.15. The zero-order chi connectivity index (χ0) is 15.3. The molecule has 0 amide bonds. The van der Waals surface area contributed by atoms with Crippen molar-refractivity contribution >= 4 is 30.7 Å². The summed E-state index contributed by atoms with van der Waals surface area (Å²) in [6.45, 7) is 11.5. The Bertz CT molecular complexity index is 564. The van der Waals surface area contributed by atoms with Crippen LogP contribution in [0, 0.1) is 0 Å². The lowest BCUT2D eigenvalue weighted by molar-refractivity contribution is 0.00578. The van der Waals surface area contributed by atoms with E-state index >= 15 is 0 Å². The minimum absolute atomic E-state index is 0.388. The molecule has 0 bridgehead atoms. The summed E-state index contributed by atoms with van der Waals surface area (Å²) in [5.74, 6) is 0. The minimum atomic E-state index is -2.42. The third kappa shape index (κ3) is 2.67. The minimum Gasteiger partial charge on any atom is -0.399 e. The van der Waals surface area contributed by atoms with Gasteiger partial charge < -0.3 is 19.6 Å². The molecule has 6 heteroatoms. The van der Waals surface area contributed by atoms with Gasteiger partial charge in [-0.1, -0.05) is 6.07 Å². The van der Waals surface area contributed by atoms with Gasteiger partial charge in [0.1, 0.15) is 7.14 Å². The molecule has 1 aliphatic heterocycles. The monoisotopic (exact) mass is 295 g/mol. The Kier molecular flexibility index (Phi) is 3.61. The van der Waals surface area contributed by atoms with E-state index in [9.17, 15) is 4.57 Å². The van der Waals surface area contributed by atoms with Crippen molar-refractivity contribution in [1.82, 2.24) is 0 Å². The Labute approximate surface area is 121 Å². The molecule has 1 aromatic carbocycles. The highest BCUT2D eigenvalue weighted by atomic mass is 31.2. The van der Waals surface area contributed by atoms with Crippen molar-refractivity contribution in [3.8, 4) is 0 Å². The van der Waals surface area contributed by atoms with Crippen LogP contribution in [0.5, 0.6) is 0 Å². The number of anilines is 1. The zero-order valence-corrected chi connectivity index (χ0v) is 14.0. The van der Waals surface area contributed by atoms with Gasteiger partial charge in [0.25, 0.3) is 0 Å². The van der Waals surface area contributed by atoms with Crippen LogP contribution < -0.4 is 16.5 Å². The quantitative estimate of drug-likeness (QED) is 0.513. The molecule has 1 aromatic rings. The molecule has 0 atom stereocenters. The molecule has 0 aliphatic carbocycles. The van der Waals surface area contributed by atoms with Crippen molar-refractivity contribution < 1.29 is 13.9 Å². The third-order valence-corrected chi connectivity index (χ3v) is 5.71. The van der Waals surface area contributed by atoms with Gasteiger partial charge in [-0.05, 0) is 58.6 Å². The molecule has 1 aliphatic rings. The summed E-state index contributed by atoms with van der Waals surface area (Å²) in [7, 11) is -2.88. The number of hydrogen-bond acceptors (Lipinski definition) is 4. The van der Waals surface area contributed by atoms with Gasteiger partial charge in [0.15, 0.2) is 0 Å². The van der Waals surface area contributed by atoms with Crippen LogP contribution in [0.25, 0.3) is 0 Å². The van der Waals surface area contributed by atoms with Crippen molar-refractivity contribution in [2.24, 2.45) is 0 Å². The second-order valence-corrected chi connectivity index (χ2v) is 9.94. The molecule has 1 saturated heterocycles. The van der Waals surface area contributed by atoms with Gasteiger partial charge in [-0.2, -0.15) is 0 Å². The molecule has 0 spiro atoms. The van der Waals surface area contributed by atoms with E-state index in [1.807, 2.05) is 39.8 Å². The number of nitrogens with two attached hydrogens (primary N) is 1. The van der Waals surface area contributed by atoms with E-state index in [4.69, 9.17) is 15.0 Å². The van der Waals surface area contributed by atoms with E-state index in [1.165, 1.54) is 0 Å². The molecule has 2 N–H and O–H groups in total. The molecule has 0 radical (unpaired) electrons. The summed E-state index contributed by atoms with van der Waals surface area (Å²) < 4.78 is 24.3.